The van der Waals surface area contributed by atoms with Crippen molar-refractivity contribution in [3.63, 3.8) is 0 Å². The summed E-state index contributed by atoms with van der Waals surface area (Å²) in [4.78, 5) is 26.2. The first-order valence-electron chi connectivity index (χ1n) is 7.51. The number of nitrogens with zero attached hydrogens (tertiary/aromatic N) is 1. The Bertz CT molecular complexity index is 599. The van der Waals surface area contributed by atoms with Gasteiger partial charge in [0.15, 0.2) is 0 Å². The first kappa shape index (κ1) is 17.8. The van der Waals surface area contributed by atoms with Gasteiger partial charge in [-0.15, -0.1) is 0 Å². The van der Waals surface area contributed by atoms with E-state index in [9.17, 15) is 14.7 Å². The van der Waals surface area contributed by atoms with Gasteiger partial charge in [-0.05, 0) is 38.0 Å². The van der Waals surface area contributed by atoms with Crippen molar-refractivity contribution in [2.24, 2.45) is 5.41 Å². The lowest BCUT2D eigenvalue weighted by Crippen LogP contribution is -2.45. The van der Waals surface area contributed by atoms with Crippen LogP contribution in [0.4, 0.5) is 0 Å². The molecule has 5 nitrogen and oxygen atoms in total. The van der Waals surface area contributed by atoms with Crippen molar-refractivity contribution in [1.82, 2.24) is 4.90 Å². The monoisotopic (exact) mass is 339 g/mol. The normalized spacial score (nSPS) is 21.5. The van der Waals surface area contributed by atoms with Gasteiger partial charge in [0.25, 0.3) is 0 Å². The Morgan fingerprint density at radius 1 is 1.35 bits per heavy atom. The van der Waals surface area contributed by atoms with Crippen molar-refractivity contribution in [2.75, 3.05) is 26.8 Å². The molecule has 1 N–H and O–H groups in total. The number of ether oxygens (including phenoxy) is 1. The van der Waals surface area contributed by atoms with Gasteiger partial charge < -0.3 is 14.7 Å². The zero-order chi connectivity index (χ0) is 17.3. The van der Waals surface area contributed by atoms with Crippen LogP contribution in [-0.2, 0) is 19.7 Å². The number of carbonyl (C=O) groups is 2. The number of methoxy groups -OCH3 is 1. The number of carboxylic acids is 1. The maximum atomic E-state index is 12.9. The number of hydrogen-bond donors (Lipinski definition) is 1. The van der Waals surface area contributed by atoms with Crippen molar-refractivity contribution in [3.8, 4) is 0 Å². The Kier molecular flexibility index (Phi) is 5.01. The van der Waals surface area contributed by atoms with E-state index in [1.165, 1.54) is 7.11 Å². The molecule has 0 aliphatic carbocycles. The molecule has 1 amide bonds. The number of benzene rings is 1. The highest BCUT2D eigenvalue weighted by molar-refractivity contribution is 6.30. The fourth-order valence-corrected chi connectivity index (χ4v) is 3.19. The Morgan fingerprint density at radius 2 is 1.96 bits per heavy atom. The van der Waals surface area contributed by atoms with Crippen molar-refractivity contribution in [2.45, 2.75) is 25.7 Å². The van der Waals surface area contributed by atoms with Crippen LogP contribution in [0.15, 0.2) is 24.3 Å². The summed E-state index contributed by atoms with van der Waals surface area (Å²) in [5, 5.41) is 10.1. The second-order valence-electron chi connectivity index (χ2n) is 6.63. The lowest BCUT2D eigenvalue weighted by molar-refractivity contribution is -0.152. The van der Waals surface area contributed by atoms with Crippen molar-refractivity contribution >= 4 is 23.5 Å². The van der Waals surface area contributed by atoms with Gasteiger partial charge in [0.05, 0.1) is 12.0 Å². The lowest BCUT2D eigenvalue weighted by atomic mass is 9.83. The molecule has 1 aromatic rings. The van der Waals surface area contributed by atoms with E-state index >= 15 is 0 Å². The van der Waals surface area contributed by atoms with Crippen molar-refractivity contribution < 1.29 is 19.4 Å². The summed E-state index contributed by atoms with van der Waals surface area (Å²) in [7, 11) is 1.48. The molecule has 0 saturated carbocycles. The van der Waals surface area contributed by atoms with E-state index in [4.69, 9.17) is 16.3 Å². The molecule has 0 spiro atoms. The molecule has 1 aromatic carbocycles. The second kappa shape index (κ2) is 6.49. The number of carbonyl (C=O) groups excluding carboxylic acids is 1. The van der Waals surface area contributed by atoms with Crippen LogP contribution in [0.2, 0.25) is 5.02 Å². The molecule has 23 heavy (non-hydrogen) atoms. The first-order chi connectivity index (χ1) is 10.7. The fraction of sp³-hybridized carbons (Fsp3) is 0.529. The van der Waals surface area contributed by atoms with E-state index in [0.717, 1.165) is 5.56 Å². The quantitative estimate of drug-likeness (QED) is 0.895. The van der Waals surface area contributed by atoms with Crippen LogP contribution in [0, 0.1) is 5.41 Å². The van der Waals surface area contributed by atoms with E-state index in [2.05, 4.69) is 0 Å². The minimum Gasteiger partial charge on any atom is -0.481 e. The molecular weight excluding hydrogens is 318 g/mol. The van der Waals surface area contributed by atoms with Crippen LogP contribution >= 0.6 is 11.6 Å². The smallest absolute Gasteiger partial charge is 0.313 e. The number of aliphatic carboxylic acids is 1. The largest absolute Gasteiger partial charge is 0.481 e. The minimum absolute atomic E-state index is 0.0842. The number of likely N-dealkylation sites (tertiary alicyclic amines) is 1. The van der Waals surface area contributed by atoms with E-state index in [-0.39, 0.29) is 19.1 Å². The molecule has 1 atom stereocenters. The molecular formula is C17H22ClNO4. The molecule has 0 bridgehead atoms. The Hall–Kier alpha value is -1.59. The van der Waals surface area contributed by atoms with Gasteiger partial charge in [0.2, 0.25) is 5.91 Å². The zero-order valence-electron chi connectivity index (χ0n) is 13.6. The Balaban J connectivity index is 2.20. The Morgan fingerprint density at radius 3 is 2.48 bits per heavy atom. The average molecular weight is 340 g/mol. The molecule has 2 rings (SSSR count). The topological polar surface area (TPSA) is 66.8 Å². The van der Waals surface area contributed by atoms with Crippen LogP contribution in [-0.4, -0.2) is 48.7 Å². The molecule has 1 aliphatic rings. The van der Waals surface area contributed by atoms with Gasteiger partial charge in [0.1, 0.15) is 5.41 Å². The van der Waals surface area contributed by atoms with E-state index in [1.54, 1.807) is 17.0 Å². The predicted octanol–water partition coefficient (Wildman–Crippen LogP) is 2.57. The summed E-state index contributed by atoms with van der Waals surface area (Å²) < 4.78 is 5.07. The van der Waals surface area contributed by atoms with Crippen molar-refractivity contribution in [3.05, 3.63) is 34.9 Å². The highest BCUT2D eigenvalue weighted by atomic mass is 35.5. The second-order valence-corrected chi connectivity index (χ2v) is 7.06. The zero-order valence-corrected chi connectivity index (χ0v) is 14.4. The van der Waals surface area contributed by atoms with Crippen LogP contribution in [0.5, 0.6) is 0 Å². The third-order valence-electron chi connectivity index (χ3n) is 4.62. The minimum atomic E-state index is -1.01. The van der Waals surface area contributed by atoms with Crippen LogP contribution in [0.1, 0.15) is 25.8 Å². The third kappa shape index (κ3) is 3.35. The predicted molar refractivity (Wildman–Crippen MR) is 87.6 cm³/mol. The van der Waals surface area contributed by atoms with E-state index in [1.807, 2.05) is 26.0 Å². The molecule has 1 unspecified atom stereocenters. The van der Waals surface area contributed by atoms with Gasteiger partial charge in [0, 0.05) is 25.2 Å². The molecule has 0 aromatic heterocycles. The molecule has 126 valence electrons. The maximum Gasteiger partial charge on any atom is 0.313 e. The summed E-state index contributed by atoms with van der Waals surface area (Å²) >= 11 is 5.90. The molecule has 1 fully saturated rings. The molecule has 1 heterocycles. The number of hydrogen-bond acceptors (Lipinski definition) is 3. The van der Waals surface area contributed by atoms with E-state index in [0.29, 0.717) is 18.0 Å². The SMILES string of the molecule is COCC1(C(=O)O)CCN(C(=O)C(C)(C)c2ccc(Cl)cc2)C1. The van der Waals surface area contributed by atoms with Gasteiger partial charge >= 0.3 is 5.97 Å². The molecule has 6 heteroatoms. The summed E-state index contributed by atoms with van der Waals surface area (Å²) in [5.74, 6) is -1.00. The summed E-state index contributed by atoms with van der Waals surface area (Å²) in [6.07, 6.45) is 0.401. The van der Waals surface area contributed by atoms with Crippen molar-refractivity contribution in [1.29, 1.82) is 0 Å². The third-order valence-corrected chi connectivity index (χ3v) is 4.87. The van der Waals surface area contributed by atoms with Gasteiger partial charge in [-0.1, -0.05) is 23.7 Å². The number of amides is 1. The molecule has 1 aliphatic heterocycles. The number of rotatable bonds is 5. The maximum absolute atomic E-state index is 12.9. The molecule has 0 radical (unpaired) electrons. The highest BCUT2D eigenvalue weighted by Gasteiger charge is 2.48. The Labute approximate surface area is 141 Å². The summed E-state index contributed by atoms with van der Waals surface area (Å²) in [6, 6.07) is 7.16. The highest BCUT2D eigenvalue weighted by Crippen LogP contribution is 2.35. The van der Waals surface area contributed by atoms with Gasteiger partial charge in [-0.25, -0.2) is 0 Å². The fourth-order valence-electron chi connectivity index (χ4n) is 3.06. The average Bonchev–Trinajstić information content (AvgIpc) is 2.93. The van der Waals surface area contributed by atoms with Crippen LogP contribution in [0.3, 0.4) is 0 Å². The number of halogens is 1. The van der Waals surface area contributed by atoms with Gasteiger partial charge in [-0.2, -0.15) is 0 Å². The first-order valence-corrected chi connectivity index (χ1v) is 7.88. The van der Waals surface area contributed by atoms with Crippen LogP contribution in [0.25, 0.3) is 0 Å². The molecule has 1 saturated heterocycles. The number of carboxylic acid groups (broad SMARTS) is 1. The van der Waals surface area contributed by atoms with Gasteiger partial charge in [-0.3, -0.25) is 9.59 Å². The van der Waals surface area contributed by atoms with E-state index < -0.39 is 16.8 Å². The lowest BCUT2D eigenvalue weighted by Gasteiger charge is -2.31. The summed E-state index contributed by atoms with van der Waals surface area (Å²) in [5.41, 5.74) is -0.904. The standard InChI is InChI=1S/C17H22ClNO4/c1-16(2,12-4-6-13(18)7-5-12)14(20)19-9-8-17(10-19,11-23-3)15(21)22/h4-7H,8-11H2,1-3H3,(H,21,22). The van der Waals surface area contributed by atoms with Crippen LogP contribution < -0.4 is 0 Å². The summed E-state index contributed by atoms with van der Waals surface area (Å²) in [6.45, 7) is 4.39.